The van der Waals surface area contributed by atoms with Crippen molar-refractivity contribution in [2.24, 2.45) is 0 Å². The lowest BCUT2D eigenvalue weighted by atomic mass is 10.1. The quantitative estimate of drug-likeness (QED) is 0.844. The highest BCUT2D eigenvalue weighted by Gasteiger charge is 2.21. The molecule has 0 bridgehead atoms. The van der Waals surface area contributed by atoms with E-state index in [1.807, 2.05) is 6.07 Å². The molecule has 0 amide bonds. The van der Waals surface area contributed by atoms with Crippen LogP contribution in [0, 0.1) is 0 Å². The molecule has 0 atom stereocenters. The third kappa shape index (κ3) is 2.53. The summed E-state index contributed by atoms with van der Waals surface area (Å²) in [6.45, 7) is 3.48. The average molecular weight is 252 g/mol. The van der Waals surface area contributed by atoms with E-state index in [0.717, 1.165) is 18.0 Å². The molecule has 1 aliphatic heterocycles. The largest absolute Gasteiger partial charge is 0.493 e. The molecule has 1 N–H and O–H groups in total. The second-order valence-corrected chi connectivity index (χ2v) is 4.63. The van der Waals surface area contributed by atoms with Crippen LogP contribution in [0.15, 0.2) is 12.1 Å². The van der Waals surface area contributed by atoms with E-state index in [-0.39, 0.29) is 0 Å². The predicted molar refractivity (Wildman–Crippen MR) is 69.7 cm³/mol. The normalized spacial score (nSPS) is 15.7. The van der Waals surface area contributed by atoms with Gasteiger partial charge in [-0.25, -0.2) is 0 Å². The van der Waals surface area contributed by atoms with Gasteiger partial charge in [0.05, 0.1) is 40.0 Å². The molecule has 18 heavy (non-hydrogen) atoms. The molecule has 1 aliphatic rings. The van der Waals surface area contributed by atoms with Crippen LogP contribution >= 0.6 is 0 Å². The lowest BCUT2D eigenvalue weighted by Crippen LogP contribution is -3.08. The molecule has 4 nitrogen and oxygen atoms in total. The van der Waals surface area contributed by atoms with Crippen LogP contribution in [0.1, 0.15) is 18.4 Å². The van der Waals surface area contributed by atoms with E-state index < -0.39 is 0 Å². The van der Waals surface area contributed by atoms with E-state index >= 15 is 0 Å². The maximum atomic E-state index is 5.50. The van der Waals surface area contributed by atoms with Crippen LogP contribution in [-0.2, 0) is 6.54 Å². The SMILES string of the molecule is COc1ccc(C[NH+]2CCCC2)c(OC)c1OC. The molecule has 0 aliphatic carbocycles. The summed E-state index contributed by atoms with van der Waals surface area (Å²) < 4.78 is 16.2. The van der Waals surface area contributed by atoms with Gasteiger partial charge in [0, 0.05) is 12.8 Å². The zero-order valence-corrected chi connectivity index (χ0v) is 11.4. The molecule has 1 aromatic rings. The molecule has 0 saturated carbocycles. The first-order chi connectivity index (χ1) is 8.80. The van der Waals surface area contributed by atoms with Gasteiger partial charge in [-0.05, 0) is 12.1 Å². The summed E-state index contributed by atoms with van der Waals surface area (Å²) in [4.78, 5) is 1.61. The average Bonchev–Trinajstić information content (AvgIpc) is 2.90. The summed E-state index contributed by atoms with van der Waals surface area (Å²) in [6.07, 6.45) is 2.65. The van der Waals surface area contributed by atoms with Gasteiger partial charge in [-0.3, -0.25) is 0 Å². The summed E-state index contributed by atoms with van der Waals surface area (Å²) in [5, 5.41) is 0. The maximum Gasteiger partial charge on any atom is 0.203 e. The van der Waals surface area contributed by atoms with Gasteiger partial charge >= 0.3 is 0 Å². The number of nitrogens with one attached hydrogen (secondary N) is 1. The lowest BCUT2D eigenvalue weighted by molar-refractivity contribution is -0.901. The van der Waals surface area contributed by atoms with Gasteiger partial charge in [0.15, 0.2) is 11.5 Å². The molecular formula is C14H22NO3+. The van der Waals surface area contributed by atoms with Crippen LogP contribution in [0.5, 0.6) is 17.2 Å². The fourth-order valence-corrected chi connectivity index (χ4v) is 2.62. The van der Waals surface area contributed by atoms with E-state index in [1.54, 1.807) is 26.2 Å². The highest BCUT2D eigenvalue weighted by atomic mass is 16.5. The zero-order valence-electron chi connectivity index (χ0n) is 11.4. The predicted octanol–water partition coefficient (Wildman–Crippen LogP) is 0.891. The topological polar surface area (TPSA) is 32.1 Å². The number of hydrogen-bond acceptors (Lipinski definition) is 3. The van der Waals surface area contributed by atoms with Crippen LogP contribution in [0.3, 0.4) is 0 Å². The van der Waals surface area contributed by atoms with Crippen LogP contribution in [0.2, 0.25) is 0 Å². The Hall–Kier alpha value is -1.42. The van der Waals surface area contributed by atoms with Crippen molar-refractivity contribution in [3.8, 4) is 17.2 Å². The van der Waals surface area contributed by atoms with Gasteiger partial charge in [-0.2, -0.15) is 0 Å². The third-order valence-electron chi connectivity index (χ3n) is 3.54. The Balaban J connectivity index is 2.28. The Morgan fingerprint density at radius 1 is 0.944 bits per heavy atom. The molecule has 0 unspecified atom stereocenters. The Kier molecular flexibility index (Phi) is 4.31. The van der Waals surface area contributed by atoms with Crippen molar-refractivity contribution in [3.05, 3.63) is 17.7 Å². The number of quaternary nitrogens is 1. The number of likely N-dealkylation sites (tertiary alicyclic amines) is 1. The molecule has 1 aromatic carbocycles. The highest BCUT2D eigenvalue weighted by molar-refractivity contribution is 5.55. The Bertz CT molecular complexity index is 400. The first-order valence-corrected chi connectivity index (χ1v) is 6.41. The van der Waals surface area contributed by atoms with E-state index in [1.165, 1.54) is 31.5 Å². The first-order valence-electron chi connectivity index (χ1n) is 6.41. The minimum Gasteiger partial charge on any atom is -0.493 e. The second-order valence-electron chi connectivity index (χ2n) is 4.63. The van der Waals surface area contributed by atoms with Crippen molar-refractivity contribution in [2.45, 2.75) is 19.4 Å². The van der Waals surface area contributed by atoms with Gasteiger partial charge < -0.3 is 19.1 Å². The number of rotatable bonds is 5. The van der Waals surface area contributed by atoms with Crippen molar-refractivity contribution in [1.29, 1.82) is 0 Å². The Morgan fingerprint density at radius 2 is 1.61 bits per heavy atom. The van der Waals surface area contributed by atoms with E-state index in [4.69, 9.17) is 14.2 Å². The Labute approximate surface area is 108 Å². The molecule has 0 aromatic heterocycles. The number of methoxy groups -OCH3 is 3. The molecule has 0 spiro atoms. The van der Waals surface area contributed by atoms with Crippen LogP contribution in [0.4, 0.5) is 0 Å². The van der Waals surface area contributed by atoms with Gasteiger partial charge in [-0.15, -0.1) is 0 Å². The van der Waals surface area contributed by atoms with Crippen LogP contribution < -0.4 is 19.1 Å². The van der Waals surface area contributed by atoms with Crippen molar-refractivity contribution in [3.63, 3.8) is 0 Å². The molecule has 1 heterocycles. The molecule has 0 radical (unpaired) electrons. The molecule has 100 valence electrons. The van der Waals surface area contributed by atoms with Crippen molar-refractivity contribution >= 4 is 0 Å². The van der Waals surface area contributed by atoms with Crippen LogP contribution in [0.25, 0.3) is 0 Å². The van der Waals surface area contributed by atoms with Crippen LogP contribution in [-0.4, -0.2) is 34.4 Å². The summed E-state index contributed by atoms with van der Waals surface area (Å²) >= 11 is 0. The molecule has 4 heteroatoms. The van der Waals surface area contributed by atoms with Crippen molar-refractivity contribution < 1.29 is 19.1 Å². The van der Waals surface area contributed by atoms with Gasteiger partial charge in [0.2, 0.25) is 5.75 Å². The number of hydrogen-bond donors (Lipinski definition) is 1. The molecule has 2 rings (SSSR count). The summed E-state index contributed by atoms with van der Waals surface area (Å²) in [5.74, 6) is 2.21. The minimum absolute atomic E-state index is 0.691. The summed E-state index contributed by atoms with van der Waals surface area (Å²) in [5.41, 5.74) is 1.19. The molecule has 1 fully saturated rings. The number of ether oxygens (including phenoxy) is 3. The minimum atomic E-state index is 0.691. The monoisotopic (exact) mass is 252 g/mol. The second kappa shape index (κ2) is 5.96. The molecule has 1 saturated heterocycles. The molecular weight excluding hydrogens is 230 g/mol. The smallest absolute Gasteiger partial charge is 0.203 e. The zero-order chi connectivity index (χ0) is 13.0. The van der Waals surface area contributed by atoms with E-state index in [2.05, 4.69) is 6.07 Å². The maximum absolute atomic E-state index is 5.50. The fourth-order valence-electron chi connectivity index (χ4n) is 2.62. The van der Waals surface area contributed by atoms with E-state index in [0.29, 0.717) is 5.75 Å². The Morgan fingerprint density at radius 3 is 2.17 bits per heavy atom. The van der Waals surface area contributed by atoms with Crippen molar-refractivity contribution in [2.75, 3.05) is 34.4 Å². The van der Waals surface area contributed by atoms with Gasteiger partial charge in [0.1, 0.15) is 6.54 Å². The summed E-state index contributed by atoms with van der Waals surface area (Å²) in [7, 11) is 4.97. The van der Waals surface area contributed by atoms with E-state index in [9.17, 15) is 0 Å². The van der Waals surface area contributed by atoms with Crippen molar-refractivity contribution in [1.82, 2.24) is 0 Å². The lowest BCUT2D eigenvalue weighted by Gasteiger charge is -2.18. The van der Waals surface area contributed by atoms with Gasteiger partial charge in [-0.1, -0.05) is 0 Å². The standard InChI is InChI=1S/C14H21NO3/c1-16-12-7-6-11(10-15-8-4-5-9-15)13(17-2)14(12)18-3/h6-7H,4-5,8-10H2,1-3H3/p+1. The number of benzene rings is 1. The fraction of sp³-hybridized carbons (Fsp3) is 0.571. The first kappa shape index (κ1) is 13.0. The third-order valence-corrected chi connectivity index (χ3v) is 3.54. The summed E-state index contributed by atoms with van der Waals surface area (Å²) in [6, 6.07) is 4.03. The van der Waals surface area contributed by atoms with Gasteiger partial charge in [0.25, 0.3) is 0 Å². The highest BCUT2D eigenvalue weighted by Crippen LogP contribution is 2.39.